The molecule has 0 bridgehead atoms. The van der Waals surface area contributed by atoms with Gasteiger partial charge in [0.25, 0.3) is 0 Å². The van der Waals surface area contributed by atoms with E-state index in [4.69, 9.17) is 18.0 Å². The van der Waals surface area contributed by atoms with Crippen molar-refractivity contribution in [2.24, 2.45) is 10.8 Å². The van der Waals surface area contributed by atoms with Crippen LogP contribution in [0, 0.1) is 6.92 Å². The lowest BCUT2D eigenvalue weighted by molar-refractivity contribution is 0.474. The molecular formula is C15H14BrN3OS. The van der Waals surface area contributed by atoms with Crippen molar-refractivity contribution in [1.82, 2.24) is 0 Å². The normalized spacial score (nSPS) is 10.8. The topological polar surface area (TPSA) is 61.8 Å². The highest BCUT2D eigenvalue weighted by Gasteiger charge is 2.08. The number of thiocarbonyl (C=S) groups is 1. The third kappa shape index (κ3) is 4.03. The van der Waals surface area contributed by atoms with Crippen LogP contribution in [-0.2, 0) is 0 Å². The average Bonchev–Trinajstić information content (AvgIpc) is 2.42. The van der Waals surface area contributed by atoms with Crippen molar-refractivity contribution < 1.29 is 5.11 Å². The van der Waals surface area contributed by atoms with E-state index in [9.17, 15) is 5.11 Å². The molecule has 0 heterocycles. The molecule has 6 heteroatoms. The predicted molar refractivity (Wildman–Crippen MR) is 93.8 cm³/mol. The summed E-state index contributed by atoms with van der Waals surface area (Å²) in [6.07, 6.45) is 1.52. The average molecular weight is 364 g/mol. The van der Waals surface area contributed by atoms with Gasteiger partial charge in [-0.1, -0.05) is 28.1 Å². The van der Waals surface area contributed by atoms with Gasteiger partial charge in [-0.05, 0) is 55.0 Å². The Bertz CT molecular complexity index is 703. The van der Waals surface area contributed by atoms with Crippen LogP contribution in [0.2, 0.25) is 0 Å². The number of phenols is 1. The summed E-state index contributed by atoms with van der Waals surface area (Å²) >= 11 is 8.38. The molecule has 0 fully saturated rings. The molecule has 2 rings (SSSR count). The Labute approximate surface area is 137 Å². The fraction of sp³-hybridized carbons (Fsp3) is 0.0667. The molecule has 0 atom stereocenters. The number of nitrogens with zero attached hydrogens (tertiary/aromatic N) is 2. The second-order valence-corrected chi connectivity index (χ2v) is 5.77. The number of aromatic hydroxyl groups is 1. The summed E-state index contributed by atoms with van der Waals surface area (Å²) in [6.45, 7) is 1.98. The number of anilines is 1. The van der Waals surface area contributed by atoms with Gasteiger partial charge < -0.3 is 10.8 Å². The molecule has 0 aliphatic rings. The van der Waals surface area contributed by atoms with Gasteiger partial charge >= 0.3 is 0 Å². The number of benzene rings is 2. The highest BCUT2D eigenvalue weighted by Crippen LogP contribution is 2.21. The van der Waals surface area contributed by atoms with Crippen LogP contribution in [0.5, 0.6) is 5.75 Å². The maximum atomic E-state index is 9.81. The zero-order valence-corrected chi connectivity index (χ0v) is 13.7. The lowest BCUT2D eigenvalue weighted by Crippen LogP contribution is -2.31. The van der Waals surface area contributed by atoms with Crippen molar-refractivity contribution >= 4 is 45.2 Å². The molecule has 0 unspecified atom stereocenters. The number of phenolic OH excluding ortho intramolecular Hbond substituents is 1. The van der Waals surface area contributed by atoms with Crippen LogP contribution in [0.3, 0.4) is 0 Å². The Balaban J connectivity index is 2.34. The molecule has 4 nitrogen and oxygen atoms in total. The van der Waals surface area contributed by atoms with E-state index in [1.807, 2.05) is 31.2 Å². The second-order valence-electron chi connectivity index (χ2n) is 4.44. The minimum Gasteiger partial charge on any atom is -0.507 e. The van der Waals surface area contributed by atoms with Gasteiger partial charge in [-0.25, -0.2) is 5.01 Å². The maximum Gasteiger partial charge on any atom is 0.191 e. The fourth-order valence-electron chi connectivity index (χ4n) is 1.76. The molecule has 0 radical (unpaired) electrons. The molecule has 2 aromatic rings. The van der Waals surface area contributed by atoms with Gasteiger partial charge in [-0.15, -0.1) is 0 Å². The largest absolute Gasteiger partial charge is 0.507 e. The summed E-state index contributed by atoms with van der Waals surface area (Å²) in [5.41, 5.74) is 8.14. The summed E-state index contributed by atoms with van der Waals surface area (Å²) < 4.78 is 0.846. The number of hydrogen-bond acceptors (Lipinski definition) is 3. The highest BCUT2D eigenvalue weighted by atomic mass is 79.9. The third-order valence-electron chi connectivity index (χ3n) is 2.76. The predicted octanol–water partition coefficient (Wildman–Crippen LogP) is 3.55. The minimum absolute atomic E-state index is 0.131. The first kappa shape index (κ1) is 15.5. The Morgan fingerprint density at radius 2 is 2.10 bits per heavy atom. The van der Waals surface area contributed by atoms with Gasteiger partial charge in [0, 0.05) is 10.0 Å². The van der Waals surface area contributed by atoms with Crippen LogP contribution < -0.4 is 10.7 Å². The van der Waals surface area contributed by atoms with Gasteiger partial charge in [0.2, 0.25) is 0 Å². The quantitative estimate of drug-likeness (QED) is 0.497. The number of halogens is 1. The number of rotatable bonds is 3. The van der Waals surface area contributed by atoms with Gasteiger partial charge in [0.15, 0.2) is 5.11 Å². The zero-order chi connectivity index (χ0) is 15.4. The van der Waals surface area contributed by atoms with Crippen LogP contribution in [0.4, 0.5) is 5.69 Å². The molecule has 0 aromatic heterocycles. The van der Waals surface area contributed by atoms with Crippen LogP contribution in [0.25, 0.3) is 0 Å². The summed E-state index contributed by atoms with van der Waals surface area (Å²) in [6, 6.07) is 12.8. The van der Waals surface area contributed by atoms with Crippen LogP contribution >= 0.6 is 28.1 Å². The number of nitrogens with two attached hydrogens (primary N) is 1. The first-order chi connectivity index (χ1) is 9.97. The molecule has 0 amide bonds. The molecular weight excluding hydrogens is 350 g/mol. The van der Waals surface area contributed by atoms with E-state index < -0.39 is 0 Å². The van der Waals surface area contributed by atoms with E-state index in [-0.39, 0.29) is 10.9 Å². The smallest absolute Gasteiger partial charge is 0.191 e. The summed E-state index contributed by atoms with van der Waals surface area (Å²) in [4.78, 5) is 0. The summed E-state index contributed by atoms with van der Waals surface area (Å²) in [7, 11) is 0. The van der Waals surface area contributed by atoms with E-state index in [2.05, 4.69) is 21.0 Å². The zero-order valence-electron chi connectivity index (χ0n) is 11.3. The number of hydrazone groups is 1. The van der Waals surface area contributed by atoms with Crippen LogP contribution in [-0.4, -0.2) is 16.4 Å². The van der Waals surface area contributed by atoms with E-state index in [0.717, 1.165) is 15.7 Å². The van der Waals surface area contributed by atoms with Crippen molar-refractivity contribution in [2.45, 2.75) is 6.92 Å². The van der Waals surface area contributed by atoms with Gasteiger partial charge in [0.1, 0.15) is 5.75 Å². The minimum atomic E-state index is 0.131. The molecule has 0 saturated heterocycles. The fourth-order valence-corrected chi connectivity index (χ4v) is 2.29. The van der Waals surface area contributed by atoms with E-state index in [1.165, 1.54) is 11.2 Å². The first-order valence-electron chi connectivity index (χ1n) is 6.16. The Kier molecular flexibility index (Phi) is 4.93. The van der Waals surface area contributed by atoms with E-state index in [1.54, 1.807) is 18.2 Å². The van der Waals surface area contributed by atoms with Gasteiger partial charge in [0.05, 0.1) is 11.9 Å². The number of aryl methyl sites for hydroxylation is 1. The SMILES string of the molecule is Cc1cccc(N(N=Cc2cc(Br)ccc2O)C(N)=S)c1. The Hall–Kier alpha value is -1.92. The molecule has 0 aliphatic carbocycles. The maximum absolute atomic E-state index is 9.81. The summed E-state index contributed by atoms with van der Waals surface area (Å²) in [5, 5.41) is 15.7. The van der Waals surface area contributed by atoms with Crippen molar-refractivity contribution in [3.05, 3.63) is 58.1 Å². The molecule has 0 spiro atoms. The molecule has 3 N–H and O–H groups in total. The Morgan fingerprint density at radius 1 is 1.33 bits per heavy atom. The first-order valence-corrected chi connectivity index (χ1v) is 7.36. The van der Waals surface area contributed by atoms with Crippen molar-refractivity contribution in [3.8, 4) is 5.75 Å². The van der Waals surface area contributed by atoms with E-state index in [0.29, 0.717) is 5.56 Å². The van der Waals surface area contributed by atoms with Gasteiger partial charge in [-0.3, -0.25) is 0 Å². The van der Waals surface area contributed by atoms with Crippen molar-refractivity contribution in [2.75, 3.05) is 5.01 Å². The number of hydrogen-bond donors (Lipinski definition) is 2. The third-order valence-corrected chi connectivity index (χ3v) is 3.42. The standard InChI is InChI=1S/C15H14BrN3OS/c1-10-3-2-4-13(7-10)19(15(17)21)18-9-11-8-12(16)5-6-14(11)20/h2-9,20H,1H3,(H2,17,21). The highest BCUT2D eigenvalue weighted by molar-refractivity contribution is 9.10. The summed E-state index contributed by atoms with van der Waals surface area (Å²) in [5.74, 6) is 0.133. The van der Waals surface area contributed by atoms with E-state index >= 15 is 0 Å². The van der Waals surface area contributed by atoms with Crippen molar-refractivity contribution in [1.29, 1.82) is 0 Å². The Morgan fingerprint density at radius 3 is 2.76 bits per heavy atom. The van der Waals surface area contributed by atoms with Crippen LogP contribution in [0.15, 0.2) is 52.0 Å². The molecule has 0 saturated carbocycles. The molecule has 2 aromatic carbocycles. The van der Waals surface area contributed by atoms with Gasteiger partial charge in [-0.2, -0.15) is 5.10 Å². The monoisotopic (exact) mass is 363 g/mol. The van der Waals surface area contributed by atoms with Crippen LogP contribution in [0.1, 0.15) is 11.1 Å². The van der Waals surface area contributed by atoms with Crippen molar-refractivity contribution in [3.63, 3.8) is 0 Å². The second kappa shape index (κ2) is 6.69. The lowest BCUT2D eigenvalue weighted by atomic mass is 10.2. The molecule has 21 heavy (non-hydrogen) atoms. The molecule has 108 valence electrons. The molecule has 0 aliphatic heterocycles. The lowest BCUT2D eigenvalue weighted by Gasteiger charge is -2.17.